The molecule has 146 valence electrons. The summed E-state index contributed by atoms with van der Waals surface area (Å²) in [6.07, 6.45) is 0. The number of nitrogens with zero attached hydrogens (tertiary/aromatic N) is 1. The van der Waals surface area contributed by atoms with Gasteiger partial charge in [0.05, 0.1) is 5.69 Å². The van der Waals surface area contributed by atoms with Gasteiger partial charge in [-0.15, -0.1) is 0 Å². The molecule has 0 saturated carbocycles. The monoisotopic (exact) mass is 386 g/mol. The summed E-state index contributed by atoms with van der Waals surface area (Å²) in [6, 6.07) is 21.8. The highest BCUT2D eigenvalue weighted by molar-refractivity contribution is 6.12. The molecule has 0 saturated heterocycles. The molecule has 0 bridgehead atoms. The van der Waals surface area contributed by atoms with E-state index < -0.39 is 11.5 Å². The lowest BCUT2D eigenvalue weighted by molar-refractivity contribution is -0.133. The molecule has 3 aromatic carbocycles. The van der Waals surface area contributed by atoms with Crippen molar-refractivity contribution in [3.63, 3.8) is 0 Å². The van der Waals surface area contributed by atoms with Crippen molar-refractivity contribution in [2.24, 2.45) is 0 Å². The summed E-state index contributed by atoms with van der Waals surface area (Å²) >= 11 is 0. The second-order valence-corrected chi connectivity index (χ2v) is 7.41. The zero-order valence-electron chi connectivity index (χ0n) is 16.3. The zero-order chi connectivity index (χ0) is 20.6. The number of rotatable bonds is 4. The van der Waals surface area contributed by atoms with Crippen LogP contribution in [0.25, 0.3) is 0 Å². The molecule has 5 nitrogen and oxygen atoms in total. The van der Waals surface area contributed by atoms with Gasteiger partial charge >= 0.3 is 0 Å². The number of para-hydroxylation sites is 1. The third kappa shape index (κ3) is 3.30. The van der Waals surface area contributed by atoms with Gasteiger partial charge in [-0.3, -0.25) is 14.5 Å². The molecule has 29 heavy (non-hydrogen) atoms. The van der Waals surface area contributed by atoms with E-state index in [1.807, 2.05) is 44.2 Å². The minimum atomic E-state index is -1.81. The molecule has 0 aromatic heterocycles. The van der Waals surface area contributed by atoms with Gasteiger partial charge in [-0.1, -0.05) is 60.2 Å². The van der Waals surface area contributed by atoms with Gasteiger partial charge < -0.3 is 10.4 Å². The largest absolute Gasteiger partial charge is 0.372 e. The summed E-state index contributed by atoms with van der Waals surface area (Å²) in [7, 11) is 0. The van der Waals surface area contributed by atoms with Crippen LogP contribution in [0.15, 0.2) is 72.8 Å². The predicted molar refractivity (Wildman–Crippen MR) is 113 cm³/mol. The molecule has 1 atom stereocenters. The van der Waals surface area contributed by atoms with Gasteiger partial charge in [0.2, 0.25) is 5.91 Å². The van der Waals surface area contributed by atoms with E-state index in [0.29, 0.717) is 22.5 Å². The third-order valence-corrected chi connectivity index (χ3v) is 5.18. The van der Waals surface area contributed by atoms with Crippen molar-refractivity contribution in [3.05, 3.63) is 95.1 Å². The van der Waals surface area contributed by atoms with Crippen molar-refractivity contribution in [3.8, 4) is 0 Å². The summed E-state index contributed by atoms with van der Waals surface area (Å²) in [5.74, 6) is -0.851. The van der Waals surface area contributed by atoms with Crippen molar-refractivity contribution in [2.75, 3.05) is 16.8 Å². The van der Waals surface area contributed by atoms with E-state index in [2.05, 4.69) is 5.32 Å². The van der Waals surface area contributed by atoms with Crippen molar-refractivity contribution in [1.82, 2.24) is 0 Å². The lowest BCUT2D eigenvalue weighted by Crippen LogP contribution is -2.44. The number of carbonyl (C=O) groups excluding carboxylic acids is 2. The fourth-order valence-corrected chi connectivity index (χ4v) is 3.81. The molecule has 1 unspecified atom stereocenters. The number of benzene rings is 3. The van der Waals surface area contributed by atoms with Gasteiger partial charge in [-0.05, 0) is 43.2 Å². The second-order valence-electron chi connectivity index (χ2n) is 7.41. The van der Waals surface area contributed by atoms with Gasteiger partial charge in [0, 0.05) is 11.3 Å². The maximum absolute atomic E-state index is 13.3. The lowest BCUT2D eigenvalue weighted by atomic mass is 9.87. The third-order valence-electron chi connectivity index (χ3n) is 5.18. The van der Waals surface area contributed by atoms with Crippen molar-refractivity contribution >= 4 is 23.2 Å². The van der Waals surface area contributed by atoms with Crippen LogP contribution < -0.4 is 10.2 Å². The molecule has 0 fully saturated rings. The topological polar surface area (TPSA) is 69.6 Å². The molecular formula is C24H22N2O3. The number of hydrogen-bond acceptors (Lipinski definition) is 3. The average Bonchev–Trinajstić information content (AvgIpc) is 2.91. The van der Waals surface area contributed by atoms with Crippen LogP contribution in [0.5, 0.6) is 0 Å². The van der Waals surface area contributed by atoms with E-state index in [9.17, 15) is 14.7 Å². The van der Waals surface area contributed by atoms with Crippen LogP contribution in [0.4, 0.5) is 11.4 Å². The highest BCUT2D eigenvalue weighted by Crippen LogP contribution is 2.44. The Bertz CT molecular complexity index is 1110. The SMILES string of the molecule is Cc1cccc(NC(=O)CN2C(=O)C(O)(c3cccc(C)c3)c3ccccc32)c1. The summed E-state index contributed by atoms with van der Waals surface area (Å²) < 4.78 is 0. The molecule has 0 radical (unpaired) electrons. The molecule has 1 heterocycles. The van der Waals surface area contributed by atoms with Crippen molar-refractivity contribution < 1.29 is 14.7 Å². The minimum absolute atomic E-state index is 0.183. The number of aliphatic hydroxyl groups is 1. The normalized spacial score (nSPS) is 17.9. The van der Waals surface area contributed by atoms with Crippen molar-refractivity contribution in [1.29, 1.82) is 0 Å². The number of nitrogens with one attached hydrogen (secondary N) is 1. The summed E-state index contributed by atoms with van der Waals surface area (Å²) in [4.78, 5) is 27.3. The smallest absolute Gasteiger partial charge is 0.268 e. The van der Waals surface area contributed by atoms with E-state index in [-0.39, 0.29) is 12.5 Å². The van der Waals surface area contributed by atoms with E-state index in [0.717, 1.165) is 11.1 Å². The fraction of sp³-hybridized carbons (Fsp3) is 0.167. The second kappa shape index (κ2) is 7.18. The number of anilines is 2. The van der Waals surface area contributed by atoms with Gasteiger partial charge in [-0.2, -0.15) is 0 Å². The standard InChI is InChI=1S/C24H22N2O3/c1-16-7-5-9-18(13-16)24(29)20-11-3-4-12-21(20)26(23(24)28)15-22(27)25-19-10-6-8-17(2)14-19/h3-14,29H,15H2,1-2H3,(H,25,27). The first-order chi connectivity index (χ1) is 13.9. The summed E-state index contributed by atoms with van der Waals surface area (Å²) in [5.41, 5.74) is 2.35. The number of fused-ring (bicyclic) bond motifs is 1. The molecule has 2 N–H and O–H groups in total. The zero-order valence-corrected chi connectivity index (χ0v) is 16.3. The van der Waals surface area contributed by atoms with Crippen LogP contribution in [0, 0.1) is 13.8 Å². The minimum Gasteiger partial charge on any atom is -0.372 e. The Kier molecular flexibility index (Phi) is 4.68. The Morgan fingerprint density at radius 1 is 0.966 bits per heavy atom. The molecule has 1 aliphatic rings. The van der Waals surface area contributed by atoms with Gasteiger partial charge in [-0.25, -0.2) is 0 Å². The molecule has 5 heteroatoms. The Balaban J connectivity index is 1.67. The van der Waals surface area contributed by atoms with E-state index in [1.54, 1.807) is 42.5 Å². The first-order valence-corrected chi connectivity index (χ1v) is 9.47. The first kappa shape index (κ1) is 18.9. The average molecular weight is 386 g/mol. The Hall–Kier alpha value is -3.44. The first-order valence-electron chi connectivity index (χ1n) is 9.47. The quantitative estimate of drug-likeness (QED) is 0.721. The van der Waals surface area contributed by atoms with Gasteiger partial charge in [0.25, 0.3) is 5.91 Å². The predicted octanol–water partition coefficient (Wildman–Crippen LogP) is 3.52. The molecule has 1 aliphatic heterocycles. The van der Waals surface area contributed by atoms with Gasteiger partial charge in [0.15, 0.2) is 5.60 Å². The molecular weight excluding hydrogens is 364 g/mol. The summed E-state index contributed by atoms with van der Waals surface area (Å²) in [6.45, 7) is 3.67. The molecule has 4 rings (SSSR count). The molecule has 0 aliphatic carbocycles. The highest BCUT2D eigenvalue weighted by atomic mass is 16.3. The number of aryl methyl sites for hydroxylation is 2. The Labute approximate surface area is 169 Å². The summed E-state index contributed by atoms with van der Waals surface area (Å²) in [5, 5.41) is 14.3. The molecule has 3 aromatic rings. The van der Waals surface area contributed by atoms with Crippen molar-refractivity contribution in [2.45, 2.75) is 19.4 Å². The van der Waals surface area contributed by atoms with Crippen LogP contribution in [-0.4, -0.2) is 23.5 Å². The number of hydrogen-bond donors (Lipinski definition) is 2. The van der Waals surface area contributed by atoms with Gasteiger partial charge in [0.1, 0.15) is 6.54 Å². The van der Waals surface area contributed by atoms with Crippen LogP contribution in [0.3, 0.4) is 0 Å². The lowest BCUT2D eigenvalue weighted by Gasteiger charge is -2.24. The molecule has 2 amide bonds. The van der Waals surface area contributed by atoms with E-state index in [1.165, 1.54) is 4.90 Å². The Morgan fingerprint density at radius 3 is 2.38 bits per heavy atom. The Morgan fingerprint density at radius 2 is 1.66 bits per heavy atom. The van der Waals surface area contributed by atoms with E-state index >= 15 is 0 Å². The number of amides is 2. The van der Waals surface area contributed by atoms with Crippen LogP contribution in [0.1, 0.15) is 22.3 Å². The van der Waals surface area contributed by atoms with E-state index in [4.69, 9.17) is 0 Å². The molecule has 0 spiro atoms. The maximum atomic E-state index is 13.3. The number of carbonyl (C=O) groups is 2. The van der Waals surface area contributed by atoms with Crippen LogP contribution >= 0.6 is 0 Å². The highest BCUT2D eigenvalue weighted by Gasteiger charge is 2.51. The van der Waals surface area contributed by atoms with Crippen LogP contribution in [0.2, 0.25) is 0 Å². The fourth-order valence-electron chi connectivity index (χ4n) is 3.81. The maximum Gasteiger partial charge on any atom is 0.268 e. The van der Waals surface area contributed by atoms with Crippen LogP contribution in [-0.2, 0) is 15.2 Å².